The van der Waals surface area contributed by atoms with Crippen LogP contribution in [0.2, 0.25) is 0 Å². The Morgan fingerprint density at radius 1 is 0.739 bits per heavy atom. The topological polar surface area (TPSA) is 29.0 Å². The van der Waals surface area contributed by atoms with Crippen LogP contribution in [0.5, 0.6) is 0 Å². The summed E-state index contributed by atoms with van der Waals surface area (Å²) < 4.78 is 2.11. The van der Waals surface area contributed by atoms with Crippen molar-refractivity contribution in [2.45, 2.75) is 0 Å². The highest BCUT2D eigenvalue weighted by Crippen LogP contribution is 2.29. The first-order valence-corrected chi connectivity index (χ1v) is 7.71. The summed E-state index contributed by atoms with van der Waals surface area (Å²) in [5.74, 6) is 0. The van der Waals surface area contributed by atoms with Gasteiger partial charge in [-0.1, -0.05) is 42.5 Å². The summed E-state index contributed by atoms with van der Waals surface area (Å²) in [6, 6.07) is 18.5. The van der Waals surface area contributed by atoms with Gasteiger partial charge < -0.3 is 5.73 Å². The standard InChI is InChI=1S/C21H20N2/c1-23(2)20-14-10-18(11-15-20)21(16-6-4-3-5-7-16)17-8-12-19(22)13-9-17/h3-15,22H,1-2H3/p+1. The Morgan fingerprint density at radius 3 is 1.87 bits per heavy atom. The molecule has 2 aromatic rings. The van der Waals surface area contributed by atoms with Crippen LogP contribution in [0.4, 0.5) is 5.69 Å². The van der Waals surface area contributed by atoms with Crippen LogP contribution in [-0.2, 0) is 0 Å². The van der Waals surface area contributed by atoms with Crippen molar-refractivity contribution in [3.05, 3.63) is 95.6 Å². The molecule has 2 N–H and O–H groups in total. The Labute approximate surface area is 137 Å². The van der Waals surface area contributed by atoms with Gasteiger partial charge in [0, 0.05) is 17.8 Å². The van der Waals surface area contributed by atoms with Crippen molar-refractivity contribution in [3.63, 3.8) is 0 Å². The second-order valence-electron chi connectivity index (χ2n) is 5.80. The molecule has 2 aromatic carbocycles. The van der Waals surface area contributed by atoms with Gasteiger partial charge in [-0.05, 0) is 46.6 Å². The Bertz CT molecular complexity index is 798. The second-order valence-corrected chi connectivity index (χ2v) is 5.80. The lowest BCUT2D eigenvalue weighted by Gasteiger charge is -2.13. The summed E-state index contributed by atoms with van der Waals surface area (Å²) in [5.41, 5.74) is 12.6. The summed E-state index contributed by atoms with van der Waals surface area (Å²) in [6.45, 7) is 0. The van der Waals surface area contributed by atoms with Crippen molar-refractivity contribution in [2.75, 3.05) is 19.8 Å². The summed E-state index contributed by atoms with van der Waals surface area (Å²) in [5, 5.41) is 0. The number of hydrogen-bond acceptors (Lipinski definition) is 1. The van der Waals surface area contributed by atoms with E-state index in [9.17, 15) is 0 Å². The molecule has 0 amide bonds. The number of anilines is 1. The van der Waals surface area contributed by atoms with Crippen molar-refractivity contribution in [3.8, 4) is 0 Å². The van der Waals surface area contributed by atoms with Crippen molar-refractivity contribution in [2.24, 2.45) is 0 Å². The fraction of sp³-hybridized carbons (Fsp3) is 0.0952. The molecular formula is C21H21N2+. The van der Waals surface area contributed by atoms with Gasteiger partial charge in [0.15, 0.2) is 5.71 Å². The molecule has 2 nitrogen and oxygen atoms in total. The summed E-state index contributed by atoms with van der Waals surface area (Å²) >= 11 is 0. The van der Waals surface area contributed by atoms with E-state index in [0.29, 0.717) is 0 Å². The molecule has 0 aliphatic heterocycles. The van der Waals surface area contributed by atoms with Gasteiger partial charge in [-0.25, -0.2) is 4.58 Å². The molecule has 0 saturated heterocycles. The van der Waals surface area contributed by atoms with E-state index in [0.717, 1.165) is 5.69 Å². The summed E-state index contributed by atoms with van der Waals surface area (Å²) in [6.07, 6.45) is 8.65. The van der Waals surface area contributed by atoms with Crippen LogP contribution in [-0.4, -0.2) is 24.4 Å². The molecule has 114 valence electrons. The molecule has 0 fully saturated rings. The molecule has 0 aromatic heterocycles. The van der Waals surface area contributed by atoms with Gasteiger partial charge in [0.2, 0.25) is 0 Å². The maximum atomic E-state index is 5.84. The van der Waals surface area contributed by atoms with E-state index >= 15 is 0 Å². The first-order chi connectivity index (χ1) is 11.1. The van der Waals surface area contributed by atoms with Gasteiger partial charge in [-0.3, -0.25) is 0 Å². The molecular weight excluding hydrogens is 280 g/mol. The Kier molecular flexibility index (Phi) is 4.24. The average Bonchev–Trinajstić information content (AvgIpc) is 2.58. The number of nitrogens with two attached hydrogens (primary N) is 1. The quantitative estimate of drug-likeness (QED) is 0.661. The molecule has 0 bridgehead atoms. The van der Waals surface area contributed by atoms with E-state index in [1.54, 1.807) is 0 Å². The predicted molar refractivity (Wildman–Crippen MR) is 98.7 cm³/mol. The SMILES string of the molecule is C[N+](C)=C1C=CC(=C(c2ccccc2)c2ccc(N)cc2)C=C1. The monoisotopic (exact) mass is 301 g/mol. The van der Waals surface area contributed by atoms with E-state index in [-0.39, 0.29) is 0 Å². The van der Waals surface area contributed by atoms with Crippen molar-refractivity contribution < 1.29 is 4.58 Å². The van der Waals surface area contributed by atoms with E-state index in [1.807, 2.05) is 18.2 Å². The van der Waals surface area contributed by atoms with Crippen LogP contribution in [0, 0.1) is 0 Å². The molecule has 0 spiro atoms. The Morgan fingerprint density at radius 2 is 1.30 bits per heavy atom. The molecule has 2 heteroatoms. The smallest absolute Gasteiger partial charge is 0.199 e. The summed E-state index contributed by atoms with van der Waals surface area (Å²) in [4.78, 5) is 0. The zero-order valence-corrected chi connectivity index (χ0v) is 13.5. The highest BCUT2D eigenvalue weighted by Gasteiger charge is 2.12. The first kappa shape index (κ1) is 15.0. The van der Waals surface area contributed by atoms with Gasteiger partial charge in [0.05, 0.1) is 0 Å². The van der Waals surface area contributed by atoms with Gasteiger partial charge >= 0.3 is 0 Å². The molecule has 1 aliphatic rings. The normalized spacial score (nSPS) is 13.3. The minimum absolute atomic E-state index is 0.782. The summed E-state index contributed by atoms with van der Waals surface area (Å²) in [7, 11) is 4.10. The third-order valence-corrected chi connectivity index (χ3v) is 3.93. The highest BCUT2D eigenvalue weighted by atomic mass is 14.9. The minimum atomic E-state index is 0.782. The zero-order chi connectivity index (χ0) is 16.2. The van der Waals surface area contributed by atoms with Gasteiger partial charge in [0.25, 0.3) is 0 Å². The molecule has 0 saturated carbocycles. The molecule has 1 aliphatic carbocycles. The van der Waals surface area contributed by atoms with Crippen LogP contribution >= 0.6 is 0 Å². The maximum Gasteiger partial charge on any atom is 0.199 e. The number of nitrogens with zero attached hydrogens (tertiary/aromatic N) is 1. The minimum Gasteiger partial charge on any atom is -0.399 e. The second kappa shape index (κ2) is 6.49. The van der Waals surface area contributed by atoms with Crippen molar-refractivity contribution >= 4 is 17.0 Å². The van der Waals surface area contributed by atoms with Gasteiger partial charge in [-0.2, -0.15) is 0 Å². The third kappa shape index (κ3) is 3.32. The first-order valence-electron chi connectivity index (χ1n) is 7.71. The fourth-order valence-electron chi connectivity index (χ4n) is 2.68. The van der Waals surface area contributed by atoms with Crippen LogP contribution in [0.3, 0.4) is 0 Å². The fourth-order valence-corrected chi connectivity index (χ4v) is 2.68. The van der Waals surface area contributed by atoms with Crippen LogP contribution in [0.15, 0.2) is 84.5 Å². The molecule has 23 heavy (non-hydrogen) atoms. The third-order valence-electron chi connectivity index (χ3n) is 3.93. The number of rotatable bonds is 2. The largest absolute Gasteiger partial charge is 0.399 e. The lowest BCUT2D eigenvalue weighted by atomic mass is 9.91. The number of hydrogen-bond donors (Lipinski definition) is 1. The van der Waals surface area contributed by atoms with Gasteiger partial charge in [0.1, 0.15) is 14.1 Å². The van der Waals surface area contributed by atoms with E-state index in [2.05, 4.69) is 79.4 Å². The van der Waals surface area contributed by atoms with E-state index < -0.39 is 0 Å². The number of nitrogen functional groups attached to an aromatic ring is 1. The van der Waals surface area contributed by atoms with Crippen molar-refractivity contribution in [1.29, 1.82) is 0 Å². The van der Waals surface area contributed by atoms with Crippen molar-refractivity contribution in [1.82, 2.24) is 0 Å². The average molecular weight is 301 g/mol. The van der Waals surface area contributed by atoms with E-state index in [4.69, 9.17) is 5.73 Å². The molecule has 0 radical (unpaired) electrons. The number of allylic oxidation sites excluding steroid dienone is 5. The number of benzene rings is 2. The molecule has 0 heterocycles. The lowest BCUT2D eigenvalue weighted by Crippen LogP contribution is -2.10. The molecule has 0 unspecified atom stereocenters. The molecule has 3 rings (SSSR count). The van der Waals surface area contributed by atoms with E-state index in [1.165, 1.54) is 28.0 Å². The predicted octanol–water partition coefficient (Wildman–Crippen LogP) is 3.91. The highest BCUT2D eigenvalue weighted by molar-refractivity contribution is 6.03. The Balaban J connectivity index is 2.16. The Hall–Kier alpha value is -2.87. The maximum absolute atomic E-state index is 5.84. The van der Waals surface area contributed by atoms with Gasteiger partial charge in [-0.15, -0.1) is 0 Å². The molecule has 0 atom stereocenters. The van der Waals surface area contributed by atoms with Crippen LogP contribution < -0.4 is 5.73 Å². The van der Waals surface area contributed by atoms with Crippen LogP contribution in [0.1, 0.15) is 11.1 Å². The van der Waals surface area contributed by atoms with Crippen LogP contribution in [0.25, 0.3) is 5.57 Å². The zero-order valence-electron chi connectivity index (χ0n) is 13.5. The lowest BCUT2D eigenvalue weighted by molar-refractivity contribution is -0.462.